The van der Waals surface area contributed by atoms with E-state index in [0.29, 0.717) is 5.01 Å². The van der Waals surface area contributed by atoms with E-state index in [1.54, 1.807) is 0 Å². The summed E-state index contributed by atoms with van der Waals surface area (Å²) in [5.74, 6) is -1.50. The van der Waals surface area contributed by atoms with E-state index in [1.165, 1.54) is 6.07 Å². The van der Waals surface area contributed by atoms with Crippen molar-refractivity contribution in [2.75, 3.05) is 0 Å². The van der Waals surface area contributed by atoms with Crippen LogP contribution < -0.4 is 4.74 Å². The molecule has 1 heterocycles. The average molecular weight is 263 g/mol. The maximum Gasteiger partial charge on any atom is 0.299 e. The molecule has 84 valence electrons. The van der Waals surface area contributed by atoms with Gasteiger partial charge < -0.3 is 4.74 Å². The average Bonchev–Trinajstić information content (AvgIpc) is 2.71. The highest BCUT2D eigenvalue weighted by Gasteiger charge is 2.08. The summed E-state index contributed by atoms with van der Waals surface area (Å²) in [4.78, 5) is 0. The Kier molecular flexibility index (Phi) is 3.31. The molecule has 0 aliphatic rings. The number of hydrogen-bond donors (Lipinski definition) is 0. The van der Waals surface area contributed by atoms with Gasteiger partial charge >= 0.3 is 0 Å². The molecule has 0 amide bonds. The lowest BCUT2D eigenvalue weighted by Crippen LogP contribution is -1.87. The van der Waals surface area contributed by atoms with Crippen LogP contribution in [0.1, 0.15) is 5.01 Å². The highest BCUT2D eigenvalue weighted by molar-refractivity contribution is 7.13. The molecular formula is C9H5ClF2N2OS. The normalized spacial score (nSPS) is 10.4. The molecule has 3 nitrogen and oxygen atoms in total. The third kappa shape index (κ3) is 2.45. The van der Waals surface area contributed by atoms with Crippen molar-refractivity contribution >= 4 is 22.9 Å². The smallest absolute Gasteiger partial charge is 0.299 e. The standard InChI is InChI=1S/C9H5ClF2N2OS/c10-4-8-13-14-9(16-8)15-5-1-2-6(11)7(12)3-5/h1-3H,4H2. The zero-order valence-electron chi connectivity index (χ0n) is 7.78. The molecule has 2 rings (SSSR count). The van der Waals surface area contributed by atoms with Crippen LogP contribution in [0.4, 0.5) is 8.78 Å². The van der Waals surface area contributed by atoms with Gasteiger partial charge in [-0.1, -0.05) is 16.4 Å². The second kappa shape index (κ2) is 4.71. The largest absolute Gasteiger partial charge is 0.430 e. The fourth-order valence-electron chi connectivity index (χ4n) is 0.975. The van der Waals surface area contributed by atoms with Gasteiger partial charge in [-0.2, -0.15) is 0 Å². The summed E-state index contributed by atoms with van der Waals surface area (Å²) in [5, 5.41) is 8.23. The summed E-state index contributed by atoms with van der Waals surface area (Å²) < 4.78 is 30.6. The van der Waals surface area contributed by atoms with Gasteiger partial charge in [0.05, 0.1) is 5.88 Å². The Morgan fingerprint density at radius 3 is 2.69 bits per heavy atom. The minimum absolute atomic E-state index is 0.163. The number of hydrogen-bond acceptors (Lipinski definition) is 4. The van der Waals surface area contributed by atoms with Crippen LogP contribution in [0, 0.1) is 11.6 Å². The Balaban J connectivity index is 2.17. The quantitative estimate of drug-likeness (QED) is 0.796. The zero-order valence-corrected chi connectivity index (χ0v) is 9.36. The fraction of sp³-hybridized carbons (Fsp3) is 0.111. The highest BCUT2D eigenvalue weighted by Crippen LogP contribution is 2.26. The first-order valence-corrected chi connectivity index (χ1v) is 5.55. The van der Waals surface area contributed by atoms with E-state index in [9.17, 15) is 8.78 Å². The van der Waals surface area contributed by atoms with E-state index in [2.05, 4.69) is 10.2 Å². The summed E-state index contributed by atoms with van der Waals surface area (Å²) in [7, 11) is 0. The third-order valence-corrected chi connectivity index (χ3v) is 2.87. The number of ether oxygens (including phenoxy) is 1. The SMILES string of the molecule is Fc1ccc(Oc2nnc(CCl)s2)cc1F. The molecule has 0 aliphatic carbocycles. The zero-order chi connectivity index (χ0) is 11.5. The van der Waals surface area contributed by atoms with E-state index < -0.39 is 11.6 Å². The van der Waals surface area contributed by atoms with Crippen LogP contribution in [0.5, 0.6) is 10.9 Å². The number of aromatic nitrogens is 2. The van der Waals surface area contributed by atoms with Crippen LogP contribution in [0.3, 0.4) is 0 Å². The predicted octanol–water partition coefficient (Wildman–Crippen LogP) is 3.35. The first kappa shape index (κ1) is 11.2. The monoisotopic (exact) mass is 262 g/mol. The van der Waals surface area contributed by atoms with E-state index in [-0.39, 0.29) is 16.8 Å². The first-order chi connectivity index (χ1) is 7.69. The minimum Gasteiger partial charge on any atom is -0.430 e. The van der Waals surface area contributed by atoms with E-state index in [0.717, 1.165) is 23.5 Å². The Hall–Kier alpha value is -1.27. The molecular weight excluding hydrogens is 258 g/mol. The second-order valence-corrected chi connectivity index (χ2v) is 4.07. The van der Waals surface area contributed by atoms with Crippen molar-refractivity contribution in [3.8, 4) is 10.9 Å². The maximum absolute atomic E-state index is 12.8. The van der Waals surface area contributed by atoms with Crippen molar-refractivity contribution in [1.82, 2.24) is 10.2 Å². The second-order valence-electron chi connectivity index (χ2n) is 2.77. The fourth-order valence-corrected chi connectivity index (χ4v) is 1.75. The van der Waals surface area contributed by atoms with Crippen molar-refractivity contribution in [3.05, 3.63) is 34.8 Å². The van der Waals surface area contributed by atoms with Crippen molar-refractivity contribution < 1.29 is 13.5 Å². The number of halogens is 3. The molecule has 1 aromatic heterocycles. The molecule has 0 atom stereocenters. The lowest BCUT2D eigenvalue weighted by molar-refractivity contribution is 0.455. The van der Waals surface area contributed by atoms with Crippen LogP contribution >= 0.6 is 22.9 Å². The van der Waals surface area contributed by atoms with Gasteiger partial charge in [0.1, 0.15) is 10.8 Å². The van der Waals surface area contributed by atoms with Crippen LogP contribution in [-0.4, -0.2) is 10.2 Å². The van der Waals surface area contributed by atoms with E-state index in [1.807, 2.05) is 0 Å². The topological polar surface area (TPSA) is 35.0 Å². The maximum atomic E-state index is 12.8. The molecule has 2 aromatic rings. The third-order valence-electron chi connectivity index (χ3n) is 1.66. The number of alkyl halides is 1. The molecule has 16 heavy (non-hydrogen) atoms. The van der Waals surface area contributed by atoms with Crippen LogP contribution in [0.2, 0.25) is 0 Å². The Morgan fingerprint density at radius 2 is 2.06 bits per heavy atom. The van der Waals surface area contributed by atoms with Crippen molar-refractivity contribution in [1.29, 1.82) is 0 Å². The number of benzene rings is 1. The van der Waals surface area contributed by atoms with E-state index >= 15 is 0 Å². The van der Waals surface area contributed by atoms with Crippen molar-refractivity contribution in [2.45, 2.75) is 5.88 Å². The Bertz CT molecular complexity index is 506. The highest BCUT2D eigenvalue weighted by atomic mass is 35.5. The van der Waals surface area contributed by atoms with Gasteiger partial charge in [-0.3, -0.25) is 0 Å². The van der Waals surface area contributed by atoms with Gasteiger partial charge in [-0.05, 0) is 12.1 Å². The molecule has 0 unspecified atom stereocenters. The summed E-state index contributed by atoms with van der Waals surface area (Å²) in [6, 6.07) is 3.23. The molecule has 0 saturated carbocycles. The van der Waals surface area contributed by atoms with Gasteiger partial charge in [0.15, 0.2) is 11.6 Å². The Labute approximate surface area is 98.6 Å². The molecule has 0 N–H and O–H groups in total. The molecule has 0 saturated heterocycles. The van der Waals surface area contributed by atoms with Crippen molar-refractivity contribution in [2.24, 2.45) is 0 Å². The van der Waals surface area contributed by atoms with Gasteiger partial charge in [-0.15, -0.1) is 16.7 Å². The Morgan fingerprint density at radius 1 is 1.25 bits per heavy atom. The van der Waals surface area contributed by atoms with Crippen molar-refractivity contribution in [3.63, 3.8) is 0 Å². The first-order valence-electron chi connectivity index (χ1n) is 4.20. The lowest BCUT2D eigenvalue weighted by Gasteiger charge is -2.00. The van der Waals surface area contributed by atoms with Gasteiger partial charge in [0.25, 0.3) is 5.19 Å². The van der Waals surface area contributed by atoms with E-state index in [4.69, 9.17) is 16.3 Å². The van der Waals surface area contributed by atoms with Crippen LogP contribution in [-0.2, 0) is 5.88 Å². The lowest BCUT2D eigenvalue weighted by atomic mass is 10.3. The molecule has 0 radical (unpaired) electrons. The number of nitrogens with zero attached hydrogens (tertiary/aromatic N) is 2. The summed E-state index contributed by atoms with van der Waals surface area (Å²) in [5.41, 5.74) is 0. The molecule has 0 spiro atoms. The predicted molar refractivity (Wildman–Crippen MR) is 55.9 cm³/mol. The minimum atomic E-state index is -0.973. The van der Waals surface area contributed by atoms with Crippen LogP contribution in [0.25, 0.3) is 0 Å². The van der Waals surface area contributed by atoms with Gasteiger partial charge in [0, 0.05) is 6.07 Å². The van der Waals surface area contributed by atoms with Gasteiger partial charge in [0.2, 0.25) is 0 Å². The molecule has 1 aromatic carbocycles. The summed E-state index contributed by atoms with van der Waals surface area (Å²) in [6.07, 6.45) is 0. The molecule has 0 bridgehead atoms. The molecule has 7 heteroatoms. The molecule has 0 aliphatic heterocycles. The molecule has 0 fully saturated rings. The summed E-state index contributed by atoms with van der Waals surface area (Å²) in [6.45, 7) is 0. The van der Waals surface area contributed by atoms with Gasteiger partial charge in [-0.25, -0.2) is 8.78 Å². The van der Waals surface area contributed by atoms with Crippen LogP contribution in [0.15, 0.2) is 18.2 Å². The number of rotatable bonds is 3. The summed E-state index contributed by atoms with van der Waals surface area (Å²) >= 11 is 6.68.